The van der Waals surface area contributed by atoms with Crippen molar-refractivity contribution in [3.63, 3.8) is 0 Å². The van der Waals surface area contributed by atoms with Crippen LogP contribution in [0.2, 0.25) is 0 Å². The van der Waals surface area contributed by atoms with Gasteiger partial charge in [0.25, 0.3) is 0 Å². The molecule has 4 atom stereocenters. The number of fused-ring (bicyclic) bond motifs is 5. The number of allylic oxidation sites excluding steroid dienone is 2. The lowest BCUT2D eigenvalue weighted by Gasteiger charge is -2.25. The fourth-order valence-corrected chi connectivity index (χ4v) is 3.39. The molecule has 3 nitrogen and oxygen atoms in total. The number of ether oxygens (including phenoxy) is 1. The third-order valence-corrected chi connectivity index (χ3v) is 4.15. The fraction of sp³-hybridized carbons (Fsp3) is 0.636. The summed E-state index contributed by atoms with van der Waals surface area (Å²) in [6, 6.07) is 0. The molecule has 1 saturated heterocycles. The molecule has 7 heteroatoms. The smallest absolute Gasteiger partial charge is 0.393 e. The van der Waals surface area contributed by atoms with E-state index in [1.165, 1.54) is 0 Å². The minimum Gasteiger partial charge on any atom is -0.393 e. The molecular weight excluding hydrogens is 248 g/mol. The summed E-state index contributed by atoms with van der Waals surface area (Å²) in [6.07, 6.45) is 4.15. The van der Waals surface area contributed by atoms with Crippen molar-refractivity contribution < 1.29 is 27.3 Å². The zero-order chi connectivity index (χ0) is 13.7. The highest BCUT2D eigenvalue weighted by Gasteiger charge is 2.65. The van der Waals surface area contributed by atoms with Gasteiger partial charge in [-0.2, -0.15) is 0 Å². The number of carbonyl (C=O) groups is 2. The van der Waals surface area contributed by atoms with Gasteiger partial charge in [0.05, 0.1) is 11.8 Å². The predicted molar refractivity (Wildman–Crippen MR) is 57.1 cm³/mol. The highest BCUT2D eigenvalue weighted by atomic mass is 19.4. The monoisotopic (exact) mass is 260 g/mol. The Morgan fingerprint density at radius 2 is 1.39 bits per heavy atom. The van der Waals surface area contributed by atoms with Crippen molar-refractivity contribution in [3.05, 3.63) is 12.2 Å². The van der Waals surface area contributed by atoms with Crippen LogP contribution in [0, 0.1) is 29.1 Å². The molecule has 0 aromatic carbocycles. The molecule has 0 aromatic heterocycles. The van der Waals surface area contributed by atoms with Crippen LogP contribution >= 0.6 is 0 Å². The van der Waals surface area contributed by atoms with Crippen LogP contribution in [0.5, 0.6) is 0 Å². The van der Waals surface area contributed by atoms with Crippen LogP contribution in [0.4, 0.5) is 12.9 Å². The minimum absolute atomic E-state index is 0.0461. The van der Waals surface area contributed by atoms with Crippen molar-refractivity contribution in [2.45, 2.75) is 13.8 Å². The van der Waals surface area contributed by atoms with Crippen molar-refractivity contribution in [3.8, 4) is 0 Å². The van der Waals surface area contributed by atoms with Gasteiger partial charge in [0.1, 0.15) is 0 Å². The average molecular weight is 260 g/mol. The molecule has 2 fully saturated rings. The van der Waals surface area contributed by atoms with Crippen molar-refractivity contribution >= 4 is 19.5 Å². The van der Waals surface area contributed by atoms with Crippen LogP contribution in [0.25, 0.3) is 0 Å². The van der Waals surface area contributed by atoms with Gasteiger partial charge in [-0.3, -0.25) is 22.5 Å². The highest BCUT2D eigenvalue weighted by molar-refractivity contribution is 6.33. The first-order chi connectivity index (χ1) is 8.26. The van der Waals surface area contributed by atoms with Gasteiger partial charge in [0, 0.05) is 0 Å². The number of cyclic esters (lactones) is 2. The van der Waals surface area contributed by atoms with Crippen LogP contribution in [0.15, 0.2) is 12.2 Å². The summed E-state index contributed by atoms with van der Waals surface area (Å²) in [7, 11) is -3.67. The Hall–Kier alpha value is -1.27. The number of hydrogen-bond donors (Lipinski definition) is 0. The third kappa shape index (κ3) is 1.76. The Labute approximate surface area is 103 Å². The maximum absolute atomic E-state index is 11.5. The second-order valence-electron chi connectivity index (χ2n) is 5.30. The van der Waals surface area contributed by atoms with Crippen LogP contribution in [-0.2, 0) is 14.3 Å². The first-order valence-corrected chi connectivity index (χ1v) is 5.63. The van der Waals surface area contributed by atoms with Gasteiger partial charge in [-0.05, 0) is 17.3 Å². The van der Waals surface area contributed by atoms with Crippen LogP contribution in [0.1, 0.15) is 13.8 Å². The highest BCUT2D eigenvalue weighted by Crippen LogP contribution is 2.61. The fourth-order valence-electron chi connectivity index (χ4n) is 3.39. The predicted octanol–water partition coefficient (Wildman–Crippen LogP) is 2.02. The van der Waals surface area contributed by atoms with Gasteiger partial charge < -0.3 is 4.74 Å². The van der Waals surface area contributed by atoms with Gasteiger partial charge in [-0.25, -0.2) is 0 Å². The molecule has 0 amide bonds. The number of carbonyl (C=O) groups excluding carboxylic acids is 2. The standard InChI is InChI=1S/C11H12O3.BF3/c1-11(2)5-3-4-6(11)8-7(5)9(12)14-10(8)13;2-1(3)4/h3-8H,1-2H3;. The van der Waals surface area contributed by atoms with E-state index >= 15 is 0 Å². The minimum atomic E-state index is -3.67. The Kier molecular flexibility index (Phi) is 3.03. The van der Waals surface area contributed by atoms with E-state index in [1.807, 2.05) is 0 Å². The molecule has 0 spiro atoms. The quantitative estimate of drug-likeness (QED) is 0.289. The lowest BCUT2D eigenvalue weighted by molar-refractivity contribution is -0.155. The Bertz CT molecular complexity index is 387. The number of halogens is 3. The zero-order valence-electron chi connectivity index (χ0n) is 9.90. The van der Waals surface area contributed by atoms with Gasteiger partial charge in [0.15, 0.2) is 0 Å². The molecule has 0 N–H and O–H groups in total. The largest absolute Gasteiger partial charge is 0.762 e. The Morgan fingerprint density at radius 1 is 1.06 bits per heavy atom. The van der Waals surface area contributed by atoms with Crippen molar-refractivity contribution in [1.29, 1.82) is 0 Å². The topological polar surface area (TPSA) is 43.4 Å². The normalized spacial score (nSPS) is 38.1. The molecule has 0 radical (unpaired) electrons. The summed E-state index contributed by atoms with van der Waals surface area (Å²) < 4.78 is 33.7. The maximum atomic E-state index is 11.5. The van der Waals surface area contributed by atoms with Gasteiger partial charge in [-0.1, -0.05) is 26.0 Å². The second kappa shape index (κ2) is 4.14. The van der Waals surface area contributed by atoms with E-state index in [-0.39, 0.29) is 41.0 Å². The molecule has 18 heavy (non-hydrogen) atoms. The number of esters is 2. The Morgan fingerprint density at radius 3 is 1.72 bits per heavy atom. The second-order valence-corrected chi connectivity index (χ2v) is 5.30. The molecule has 1 heterocycles. The van der Waals surface area contributed by atoms with E-state index < -0.39 is 7.54 Å². The summed E-state index contributed by atoms with van der Waals surface area (Å²) in [5.74, 6) is -0.650. The summed E-state index contributed by atoms with van der Waals surface area (Å²) in [6.45, 7) is 4.25. The summed E-state index contributed by atoms with van der Waals surface area (Å²) >= 11 is 0. The van der Waals surface area contributed by atoms with Crippen molar-refractivity contribution in [2.24, 2.45) is 29.1 Å². The summed E-state index contributed by atoms with van der Waals surface area (Å²) in [4.78, 5) is 22.9. The van der Waals surface area contributed by atoms with E-state index in [4.69, 9.17) is 0 Å². The van der Waals surface area contributed by atoms with E-state index in [0.717, 1.165) is 0 Å². The van der Waals surface area contributed by atoms with Crippen LogP contribution in [-0.4, -0.2) is 19.5 Å². The molecule has 1 aliphatic heterocycles. The Balaban J connectivity index is 0.000000267. The molecule has 1 saturated carbocycles. The van der Waals surface area contributed by atoms with E-state index in [9.17, 15) is 22.5 Å². The van der Waals surface area contributed by atoms with Crippen LogP contribution in [0.3, 0.4) is 0 Å². The molecule has 2 aliphatic carbocycles. The molecule has 98 valence electrons. The molecule has 3 rings (SSSR count). The van der Waals surface area contributed by atoms with Gasteiger partial charge in [-0.15, -0.1) is 0 Å². The van der Waals surface area contributed by atoms with Crippen LogP contribution < -0.4 is 0 Å². The zero-order valence-corrected chi connectivity index (χ0v) is 9.90. The third-order valence-electron chi connectivity index (χ3n) is 4.15. The van der Waals surface area contributed by atoms with Crippen molar-refractivity contribution in [2.75, 3.05) is 0 Å². The lowest BCUT2D eigenvalue weighted by atomic mass is 9.79. The number of rotatable bonds is 0. The molecule has 0 aromatic rings. The van der Waals surface area contributed by atoms with Gasteiger partial charge >= 0.3 is 19.5 Å². The first-order valence-electron chi connectivity index (χ1n) is 5.63. The summed E-state index contributed by atoms with van der Waals surface area (Å²) in [5, 5.41) is 0. The summed E-state index contributed by atoms with van der Waals surface area (Å²) in [5.41, 5.74) is 0.0461. The first kappa shape index (κ1) is 13.2. The van der Waals surface area contributed by atoms with E-state index in [2.05, 4.69) is 30.7 Å². The number of hydrogen-bond acceptors (Lipinski definition) is 3. The van der Waals surface area contributed by atoms with E-state index in [1.54, 1.807) is 0 Å². The average Bonchev–Trinajstić information content (AvgIpc) is 2.75. The molecule has 2 bridgehead atoms. The molecular formula is C11H12BF3O3. The van der Waals surface area contributed by atoms with E-state index in [0.29, 0.717) is 0 Å². The molecule has 3 aliphatic rings. The van der Waals surface area contributed by atoms with Crippen molar-refractivity contribution in [1.82, 2.24) is 0 Å². The SMILES string of the molecule is CC1(C)C2C=CC1C1C(=O)OC(=O)C12.FB(F)F. The lowest BCUT2D eigenvalue weighted by Crippen LogP contribution is -2.24. The maximum Gasteiger partial charge on any atom is 0.762 e. The molecule has 4 unspecified atom stereocenters. The van der Waals surface area contributed by atoms with Gasteiger partial charge in [0.2, 0.25) is 0 Å².